The molecule has 0 aliphatic carbocycles. The van der Waals surface area contributed by atoms with Crippen LogP contribution >= 0.6 is 11.6 Å². The Morgan fingerprint density at radius 1 is 1.35 bits per heavy atom. The van der Waals surface area contributed by atoms with E-state index in [0.717, 1.165) is 5.56 Å². The molecule has 2 N–H and O–H groups in total. The Balaban J connectivity index is 1.72. The van der Waals surface area contributed by atoms with Crippen molar-refractivity contribution in [2.45, 2.75) is 6.54 Å². The van der Waals surface area contributed by atoms with Crippen molar-refractivity contribution < 1.29 is 9.53 Å². The third-order valence-corrected chi connectivity index (χ3v) is 3.08. The predicted molar refractivity (Wildman–Crippen MR) is 77.1 cm³/mol. The van der Waals surface area contributed by atoms with Gasteiger partial charge >= 0.3 is 0 Å². The fraction of sp³-hybridized carbons (Fsp3) is 0.143. The third kappa shape index (κ3) is 2.83. The first-order chi connectivity index (χ1) is 9.70. The van der Waals surface area contributed by atoms with Crippen LogP contribution in [0.2, 0.25) is 5.15 Å². The summed E-state index contributed by atoms with van der Waals surface area (Å²) in [6, 6.07) is 11.1. The molecule has 1 aromatic carbocycles. The van der Waals surface area contributed by atoms with Crippen LogP contribution in [0.25, 0.3) is 0 Å². The maximum absolute atomic E-state index is 11.3. The highest BCUT2D eigenvalue weighted by atomic mass is 35.5. The Morgan fingerprint density at radius 2 is 2.25 bits per heavy atom. The normalized spacial score (nSPS) is 13.2. The molecular formula is C14H12ClN3O2. The number of aromatic nitrogens is 1. The zero-order valence-electron chi connectivity index (χ0n) is 10.5. The van der Waals surface area contributed by atoms with Crippen LogP contribution in [0.1, 0.15) is 5.56 Å². The average molecular weight is 290 g/mol. The largest absolute Gasteiger partial charge is 0.482 e. The minimum Gasteiger partial charge on any atom is -0.482 e. The molecule has 5 nitrogen and oxygen atoms in total. The highest BCUT2D eigenvalue weighted by Gasteiger charge is 2.15. The Bertz CT molecular complexity index is 661. The van der Waals surface area contributed by atoms with Crippen LogP contribution in [0.4, 0.5) is 11.5 Å². The highest BCUT2D eigenvalue weighted by Crippen LogP contribution is 2.28. The Hall–Kier alpha value is -2.27. The average Bonchev–Trinajstić information content (AvgIpc) is 2.45. The molecule has 0 saturated heterocycles. The van der Waals surface area contributed by atoms with Gasteiger partial charge in [-0.3, -0.25) is 4.79 Å². The molecule has 3 rings (SSSR count). The first-order valence-corrected chi connectivity index (χ1v) is 6.50. The van der Waals surface area contributed by atoms with E-state index in [1.54, 1.807) is 6.07 Å². The standard InChI is InChI=1S/C14H12ClN3O2/c15-12-2-1-3-13(18-12)16-7-9-4-5-11-10(6-9)17-14(19)8-20-11/h1-6H,7-8H2,(H,16,18)(H,17,19). The number of pyridine rings is 1. The van der Waals surface area contributed by atoms with E-state index in [9.17, 15) is 4.79 Å². The Morgan fingerprint density at radius 3 is 3.10 bits per heavy atom. The second-order valence-corrected chi connectivity index (χ2v) is 4.75. The molecule has 1 aliphatic heterocycles. The van der Waals surface area contributed by atoms with E-state index in [4.69, 9.17) is 16.3 Å². The smallest absolute Gasteiger partial charge is 0.262 e. The number of hydrogen-bond donors (Lipinski definition) is 2. The molecule has 0 bridgehead atoms. The second-order valence-electron chi connectivity index (χ2n) is 4.37. The molecule has 2 aromatic rings. The van der Waals surface area contributed by atoms with Gasteiger partial charge < -0.3 is 15.4 Å². The summed E-state index contributed by atoms with van der Waals surface area (Å²) in [5, 5.41) is 6.40. The van der Waals surface area contributed by atoms with E-state index in [0.29, 0.717) is 29.0 Å². The molecule has 102 valence electrons. The number of amides is 1. The SMILES string of the molecule is O=C1COc2ccc(CNc3cccc(Cl)n3)cc2N1. The molecule has 0 fully saturated rings. The van der Waals surface area contributed by atoms with Gasteiger partial charge in [-0.05, 0) is 29.8 Å². The van der Waals surface area contributed by atoms with Crippen molar-refractivity contribution in [3.05, 3.63) is 47.1 Å². The van der Waals surface area contributed by atoms with Gasteiger partial charge in [0.25, 0.3) is 5.91 Å². The van der Waals surface area contributed by atoms with Crippen LogP contribution < -0.4 is 15.4 Å². The van der Waals surface area contributed by atoms with Crippen LogP contribution in [-0.4, -0.2) is 17.5 Å². The van der Waals surface area contributed by atoms with E-state index < -0.39 is 0 Å². The number of carbonyl (C=O) groups is 1. The molecule has 1 amide bonds. The summed E-state index contributed by atoms with van der Waals surface area (Å²) in [5.41, 5.74) is 1.70. The minimum absolute atomic E-state index is 0.0665. The minimum atomic E-state index is -0.140. The van der Waals surface area contributed by atoms with E-state index in [-0.39, 0.29) is 12.5 Å². The topological polar surface area (TPSA) is 63.2 Å². The molecule has 0 unspecified atom stereocenters. The van der Waals surface area contributed by atoms with Gasteiger partial charge in [0.1, 0.15) is 16.7 Å². The lowest BCUT2D eigenvalue weighted by molar-refractivity contribution is -0.118. The first kappa shape index (κ1) is 12.7. The fourth-order valence-corrected chi connectivity index (χ4v) is 2.10. The van der Waals surface area contributed by atoms with Gasteiger partial charge in [0.15, 0.2) is 6.61 Å². The van der Waals surface area contributed by atoms with E-state index in [2.05, 4.69) is 15.6 Å². The van der Waals surface area contributed by atoms with Gasteiger partial charge in [0, 0.05) is 6.54 Å². The lowest BCUT2D eigenvalue weighted by Gasteiger charge is -2.18. The van der Waals surface area contributed by atoms with E-state index >= 15 is 0 Å². The third-order valence-electron chi connectivity index (χ3n) is 2.87. The summed E-state index contributed by atoms with van der Waals surface area (Å²) in [7, 11) is 0. The number of hydrogen-bond acceptors (Lipinski definition) is 4. The van der Waals surface area contributed by atoms with Crippen molar-refractivity contribution in [3.8, 4) is 5.75 Å². The molecule has 0 saturated carbocycles. The number of nitrogens with one attached hydrogen (secondary N) is 2. The molecule has 1 aromatic heterocycles. The van der Waals surface area contributed by atoms with Crippen molar-refractivity contribution in [1.82, 2.24) is 4.98 Å². The molecule has 1 aliphatic rings. The van der Waals surface area contributed by atoms with Gasteiger partial charge in [-0.15, -0.1) is 0 Å². The summed E-state index contributed by atoms with van der Waals surface area (Å²) in [4.78, 5) is 15.4. The number of fused-ring (bicyclic) bond motifs is 1. The van der Waals surface area contributed by atoms with Crippen molar-refractivity contribution in [3.63, 3.8) is 0 Å². The molecule has 0 spiro atoms. The van der Waals surface area contributed by atoms with Crippen LogP contribution in [0.3, 0.4) is 0 Å². The monoisotopic (exact) mass is 289 g/mol. The predicted octanol–water partition coefficient (Wildman–Crippen LogP) is 2.68. The van der Waals surface area contributed by atoms with Gasteiger partial charge in [-0.2, -0.15) is 0 Å². The highest BCUT2D eigenvalue weighted by molar-refractivity contribution is 6.29. The number of halogens is 1. The van der Waals surface area contributed by atoms with Crippen molar-refractivity contribution in [2.24, 2.45) is 0 Å². The van der Waals surface area contributed by atoms with Crippen molar-refractivity contribution in [1.29, 1.82) is 0 Å². The van der Waals surface area contributed by atoms with Crippen LogP contribution in [0.5, 0.6) is 5.75 Å². The molecule has 2 heterocycles. The van der Waals surface area contributed by atoms with Gasteiger partial charge in [0.05, 0.1) is 5.69 Å². The van der Waals surface area contributed by atoms with Crippen molar-refractivity contribution in [2.75, 3.05) is 17.2 Å². The summed E-state index contributed by atoms with van der Waals surface area (Å²) < 4.78 is 5.31. The van der Waals surface area contributed by atoms with E-state index in [1.807, 2.05) is 30.3 Å². The summed E-state index contributed by atoms with van der Waals surface area (Å²) in [6.07, 6.45) is 0. The van der Waals surface area contributed by atoms with E-state index in [1.165, 1.54) is 0 Å². The Kier molecular flexibility index (Phi) is 3.43. The lowest BCUT2D eigenvalue weighted by atomic mass is 10.1. The summed E-state index contributed by atoms with van der Waals surface area (Å²) >= 11 is 5.82. The van der Waals surface area contributed by atoms with Gasteiger partial charge in [-0.1, -0.05) is 23.7 Å². The molecular weight excluding hydrogens is 278 g/mol. The van der Waals surface area contributed by atoms with Gasteiger partial charge in [-0.25, -0.2) is 4.98 Å². The fourth-order valence-electron chi connectivity index (χ4n) is 1.94. The quantitative estimate of drug-likeness (QED) is 0.853. The van der Waals surface area contributed by atoms with Crippen LogP contribution in [0, 0.1) is 0 Å². The van der Waals surface area contributed by atoms with Gasteiger partial charge in [0.2, 0.25) is 0 Å². The maximum Gasteiger partial charge on any atom is 0.262 e. The number of nitrogens with zero attached hydrogens (tertiary/aromatic N) is 1. The first-order valence-electron chi connectivity index (χ1n) is 6.13. The summed E-state index contributed by atoms with van der Waals surface area (Å²) in [6.45, 7) is 0.646. The molecule has 20 heavy (non-hydrogen) atoms. The van der Waals surface area contributed by atoms with Crippen LogP contribution in [-0.2, 0) is 11.3 Å². The number of anilines is 2. The number of ether oxygens (including phenoxy) is 1. The number of rotatable bonds is 3. The number of benzene rings is 1. The molecule has 0 atom stereocenters. The molecule has 6 heteroatoms. The zero-order chi connectivity index (χ0) is 13.9. The second kappa shape index (κ2) is 5.38. The van der Waals surface area contributed by atoms with Crippen molar-refractivity contribution >= 4 is 29.0 Å². The lowest BCUT2D eigenvalue weighted by Crippen LogP contribution is -2.25. The Labute approximate surface area is 120 Å². The number of carbonyl (C=O) groups excluding carboxylic acids is 1. The molecule has 0 radical (unpaired) electrons. The van der Waals surface area contributed by atoms with Crippen LogP contribution in [0.15, 0.2) is 36.4 Å². The summed E-state index contributed by atoms with van der Waals surface area (Å²) in [5.74, 6) is 1.25. The zero-order valence-corrected chi connectivity index (χ0v) is 11.3. The maximum atomic E-state index is 11.3.